The minimum absolute atomic E-state index is 0.121. The highest BCUT2D eigenvalue weighted by atomic mass is 19.1. The Morgan fingerprint density at radius 3 is 2.67 bits per heavy atom. The average molecular weight is 379 g/mol. The van der Waals surface area contributed by atoms with Crippen molar-refractivity contribution in [3.8, 4) is 0 Å². The number of rotatable bonds is 3. The zero-order chi connectivity index (χ0) is 20.0. The number of hydrogen-bond donors (Lipinski definition) is 2. The highest BCUT2D eigenvalue weighted by Gasteiger charge is 2.56. The van der Waals surface area contributed by atoms with Gasteiger partial charge in [0.2, 0.25) is 5.91 Å². The molecule has 3 rings (SSSR count). The molecule has 0 radical (unpaired) electrons. The van der Waals surface area contributed by atoms with Gasteiger partial charge in [0, 0.05) is 6.07 Å². The van der Waals surface area contributed by atoms with Crippen molar-refractivity contribution in [3.63, 3.8) is 0 Å². The van der Waals surface area contributed by atoms with E-state index in [0.717, 1.165) is 29.5 Å². The molecule has 6 nitrogen and oxygen atoms in total. The van der Waals surface area contributed by atoms with E-state index in [1.54, 1.807) is 0 Å². The van der Waals surface area contributed by atoms with Gasteiger partial charge in [0.1, 0.15) is 23.7 Å². The maximum atomic E-state index is 13.7. The lowest BCUT2D eigenvalue weighted by atomic mass is 9.64. The van der Waals surface area contributed by atoms with Crippen LogP contribution in [0.4, 0.5) is 19.3 Å². The first kappa shape index (κ1) is 19.3. The van der Waals surface area contributed by atoms with Crippen molar-refractivity contribution in [2.45, 2.75) is 45.6 Å². The van der Waals surface area contributed by atoms with Crippen molar-refractivity contribution >= 4 is 23.5 Å². The Morgan fingerprint density at radius 1 is 1.30 bits per heavy atom. The lowest BCUT2D eigenvalue weighted by Crippen LogP contribution is -2.54. The van der Waals surface area contributed by atoms with Crippen LogP contribution in [-0.2, 0) is 9.59 Å². The van der Waals surface area contributed by atoms with Gasteiger partial charge in [-0.2, -0.15) is 0 Å². The molecule has 1 saturated carbocycles. The second-order valence-corrected chi connectivity index (χ2v) is 8.43. The molecule has 1 aromatic carbocycles. The summed E-state index contributed by atoms with van der Waals surface area (Å²) < 4.78 is 26.9. The summed E-state index contributed by atoms with van der Waals surface area (Å²) in [6, 6.07) is 2.02. The van der Waals surface area contributed by atoms with Crippen LogP contribution in [0.3, 0.4) is 0 Å². The Hall–Kier alpha value is -2.51. The molecule has 2 atom stereocenters. The Kier molecular flexibility index (Phi) is 4.69. The molecular weight excluding hydrogens is 356 g/mol. The Labute approximate surface area is 156 Å². The predicted octanol–water partition coefficient (Wildman–Crippen LogP) is 3.04. The molecule has 2 N–H and O–H groups in total. The first-order valence-electron chi connectivity index (χ1n) is 8.90. The molecule has 0 bridgehead atoms. The number of anilines is 1. The molecule has 27 heavy (non-hydrogen) atoms. The van der Waals surface area contributed by atoms with Gasteiger partial charge in [0.05, 0.1) is 5.69 Å². The number of carbonyl (C=O) groups excluding carboxylic acids is 3. The highest BCUT2D eigenvalue weighted by Crippen LogP contribution is 2.46. The summed E-state index contributed by atoms with van der Waals surface area (Å²) in [6.45, 7) is 5.57. The van der Waals surface area contributed by atoms with E-state index in [2.05, 4.69) is 10.6 Å². The minimum atomic E-state index is -1.01. The molecule has 2 unspecified atom stereocenters. The Morgan fingerprint density at radius 2 is 2.00 bits per heavy atom. The topological polar surface area (TPSA) is 78.5 Å². The molecule has 8 heteroatoms. The molecule has 1 aromatic rings. The van der Waals surface area contributed by atoms with Gasteiger partial charge in [-0.1, -0.05) is 20.8 Å². The van der Waals surface area contributed by atoms with Gasteiger partial charge in [-0.15, -0.1) is 0 Å². The molecule has 1 heterocycles. The molecule has 4 amide bonds. The monoisotopic (exact) mass is 379 g/mol. The maximum absolute atomic E-state index is 13.7. The van der Waals surface area contributed by atoms with Crippen LogP contribution in [0.1, 0.15) is 40.0 Å². The van der Waals surface area contributed by atoms with E-state index >= 15 is 0 Å². The van der Waals surface area contributed by atoms with E-state index in [9.17, 15) is 23.2 Å². The fraction of sp³-hybridized carbons (Fsp3) is 0.526. The van der Waals surface area contributed by atoms with Gasteiger partial charge in [-0.3, -0.25) is 14.5 Å². The number of halogens is 2. The van der Waals surface area contributed by atoms with Crippen LogP contribution < -0.4 is 10.6 Å². The van der Waals surface area contributed by atoms with E-state index in [1.807, 2.05) is 20.8 Å². The third-order valence-corrected chi connectivity index (χ3v) is 5.13. The third kappa shape index (κ3) is 3.79. The number of hydrogen-bond acceptors (Lipinski definition) is 3. The van der Waals surface area contributed by atoms with E-state index in [-0.39, 0.29) is 17.0 Å². The summed E-state index contributed by atoms with van der Waals surface area (Å²) in [5.41, 5.74) is -1.47. The second-order valence-electron chi connectivity index (χ2n) is 8.43. The zero-order valence-corrected chi connectivity index (χ0v) is 15.6. The lowest BCUT2D eigenvalue weighted by molar-refractivity contribution is -0.136. The summed E-state index contributed by atoms with van der Waals surface area (Å²) in [5, 5.41) is 4.98. The molecule has 1 aliphatic carbocycles. The standard InChI is InChI=1S/C19H23F2N3O3/c1-11-7-18(2,3)10-19(8-11)16(26)24(17(27)23-19)9-15(25)22-14-6-12(20)4-5-13(14)21/h4-6,11H,7-10H2,1-3H3,(H,22,25)(H,23,27). The number of amides is 4. The smallest absolute Gasteiger partial charge is 0.323 e. The predicted molar refractivity (Wildman–Crippen MR) is 94.8 cm³/mol. The van der Waals surface area contributed by atoms with Gasteiger partial charge < -0.3 is 10.6 Å². The van der Waals surface area contributed by atoms with Crippen LogP contribution in [0.5, 0.6) is 0 Å². The number of nitrogens with one attached hydrogen (secondary N) is 2. The van der Waals surface area contributed by atoms with Gasteiger partial charge >= 0.3 is 6.03 Å². The van der Waals surface area contributed by atoms with Crippen LogP contribution in [0.15, 0.2) is 18.2 Å². The summed E-state index contributed by atoms with van der Waals surface area (Å²) >= 11 is 0. The first-order chi connectivity index (χ1) is 12.5. The Bertz CT molecular complexity index is 811. The summed E-state index contributed by atoms with van der Waals surface area (Å²) in [5.74, 6) is -2.49. The molecule has 2 aliphatic rings. The number of benzene rings is 1. The number of carbonyl (C=O) groups is 3. The summed E-state index contributed by atoms with van der Waals surface area (Å²) in [6.07, 6.45) is 1.94. The molecule has 0 aromatic heterocycles. The van der Waals surface area contributed by atoms with Crippen LogP contribution in [0, 0.1) is 23.0 Å². The molecule has 1 aliphatic heterocycles. The fourth-order valence-electron chi connectivity index (χ4n) is 4.58. The van der Waals surface area contributed by atoms with Crippen LogP contribution in [0.2, 0.25) is 0 Å². The van der Waals surface area contributed by atoms with Crippen molar-refractivity contribution in [1.29, 1.82) is 0 Å². The van der Waals surface area contributed by atoms with Crippen molar-refractivity contribution in [1.82, 2.24) is 10.2 Å². The number of urea groups is 1. The zero-order valence-electron chi connectivity index (χ0n) is 15.6. The molecule has 2 fully saturated rings. The summed E-state index contributed by atoms with van der Waals surface area (Å²) in [7, 11) is 0. The van der Waals surface area contributed by atoms with E-state index in [4.69, 9.17) is 0 Å². The lowest BCUT2D eigenvalue weighted by Gasteiger charge is -2.43. The molecule has 1 saturated heterocycles. The highest BCUT2D eigenvalue weighted by molar-refractivity contribution is 6.10. The molecule has 146 valence electrons. The quantitative estimate of drug-likeness (QED) is 0.793. The fourth-order valence-corrected chi connectivity index (χ4v) is 4.58. The summed E-state index contributed by atoms with van der Waals surface area (Å²) in [4.78, 5) is 38.4. The normalized spacial score (nSPS) is 27.0. The Balaban J connectivity index is 1.74. The van der Waals surface area contributed by atoms with Crippen molar-refractivity contribution < 1.29 is 23.2 Å². The molecule has 1 spiro atoms. The van der Waals surface area contributed by atoms with Crippen LogP contribution >= 0.6 is 0 Å². The minimum Gasteiger partial charge on any atom is -0.323 e. The largest absolute Gasteiger partial charge is 0.325 e. The van der Waals surface area contributed by atoms with E-state index < -0.39 is 41.6 Å². The van der Waals surface area contributed by atoms with Gasteiger partial charge in [-0.05, 0) is 42.7 Å². The van der Waals surface area contributed by atoms with Crippen molar-refractivity contribution in [2.24, 2.45) is 11.3 Å². The van der Waals surface area contributed by atoms with Gasteiger partial charge in [-0.25, -0.2) is 13.6 Å². The van der Waals surface area contributed by atoms with Gasteiger partial charge in [0.25, 0.3) is 5.91 Å². The van der Waals surface area contributed by atoms with E-state index in [0.29, 0.717) is 12.8 Å². The number of nitrogens with zero attached hydrogens (tertiary/aromatic N) is 1. The number of imide groups is 1. The van der Waals surface area contributed by atoms with E-state index in [1.165, 1.54) is 0 Å². The molecular formula is C19H23F2N3O3. The maximum Gasteiger partial charge on any atom is 0.325 e. The average Bonchev–Trinajstić information content (AvgIpc) is 2.72. The van der Waals surface area contributed by atoms with Crippen LogP contribution in [0.25, 0.3) is 0 Å². The van der Waals surface area contributed by atoms with Crippen molar-refractivity contribution in [3.05, 3.63) is 29.8 Å². The van der Waals surface area contributed by atoms with Crippen molar-refractivity contribution in [2.75, 3.05) is 11.9 Å². The SMILES string of the molecule is CC1CC(C)(C)CC2(C1)NC(=O)N(CC(=O)Nc1cc(F)ccc1F)C2=O. The van der Waals surface area contributed by atoms with Crippen LogP contribution in [-0.4, -0.2) is 34.8 Å². The third-order valence-electron chi connectivity index (χ3n) is 5.13. The van der Waals surface area contributed by atoms with Gasteiger partial charge in [0.15, 0.2) is 0 Å². The first-order valence-corrected chi connectivity index (χ1v) is 8.90. The second kappa shape index (κ2) is 6.58.